The molecular weight excluding hydrogens is 641 g/mol. The lowest BCUT2D eigenvalue weighted by molar-refractivity contribution is -0.138. The summed E-state index contributed by atoms with van der Waals surface area (Å²) in [5, 5.41) is 7.27. The van der Waals surface area contributed by atoms with E-state index in [0.29, 0.717) is 59.0 Å². The van der Waals surface area contributed by atoms with Gasteiger partial charge in [0.15, 0.2) is 0 Å². The average Bonchev–Trinajstić information content (AvgIpc) is 3.65. The molecule has 250 valence electrons. The van der Waals surface area contributed by atoms with E-state index in [1.165, 1.54) is 29.7 Å². The zero-order valence-corrected chi connectivity index (χ0v) is 27.4. The monoisotopic (exact) mass is 676 g/mol. The first kappa shape index (κ1) is 33.2. The first-order valence-electron chi connectivity index (χ1n) is 15.6. The van der Waals surface area contributed by atoms with E-state index in [1.807, 2.05) is 16.5 Å². The molecule has 0 saturated carbocycles. The number of amides is 2. The van der Waals surface area contributed by atoms with Crippen molar-refractivity contribution in [1.29, 1.82) is 0 Å². The van der Waals surface area contributed by atoms with Crippen LogP contribution in [0.1, 0.15) is 50.1 Å². The van der Waals surface area contributed by atoms with Crippen molar-refractivity contribution >= 4 is 34.8 Å². The molecule has 48 heavy (non-hydrogen) atoms. The quantitative estimate of drug-likeness (QED) is 0.252. The Labute approximate surface area is 280 Å². The van der Waals surface area contributed by atoms with E-state index in [1.54, 1.807) is 17.5 Å². The minimum atomic E-state index is -4.55. The number of benzene rings is 1. The summed E-state index contributed by atoms with van der Waals surface area (Å²) in [5.41, 5.74) is 9.30. The number of hydrogen-bond acceptors (Lipinski definition) is 8. The molecule has 14 heteroatoms. The van der Waals surface area contributed by atoms with Gasteiger partial charge in [-0.05, 0) is 36.4 Å². The van der Waals surface area contributed by atoms with Gasteiger partial charge in [-0.1, -0.05) is 24.8 Å². The van der Waals surface area contributed by atoms with Gasteiger partial charge in [0.05, 0.1) is 28.8 Å². The summed E-state index contributed by atoms with van der Waals surface area (Å²) in [5.74, 6) is 5.67. The Hall–Kier alpha value is -4.71. The smallest absolute Gasteiger partial charge is 0.368 e. The van der Waals surface area contributed by atoms with Crippen molar-refractivity contribution in [2.45, 2.75) is 32.5 Å². The fraction of sp³-hybridized carbons (Fsp3) is 0.353. The molecule has 0 unspecified atom stereocenters. The van der Waals surface area contributed by atoms with Crippen molar-refractivity contribution in [3.63, 3.8) is 0 Å². The number of likely N-dealkylation sites (N-methyl/N-ethyl adjacent to an activating group) is 1. The van der Waals surface area contributed by atoms with E-state index >= 15 is 0 Å². The second-order valence-corrected chi connectivity index (χ2v) is 12.8. The molecule has 5 heterocycles. The third-order valence-corrected chi connectivity index (χ3v) is 9.57. The second-order valence-electron chi connectivity index (χ2n) is 11.8. The van der Waals surface area contributed by atoms with E-state index < -0.39 is 17.6 Å². The molecule has 6 rings (SSSR count). The van der Waals surface area contributed by atoms with Gasteiger partial charge in [-0.25, -0.2) is 9.97 Å². The Balaban J connectivity index is 1.14. The summed E-state index contributed by atoms with van der Waals surface area (Å²) in [7, 11) is 1.87. The maximum atomic E-state index is 14.0. The third-order valence-electron chi connectivity index (χ3n) is 8.64. The van der Waals surface area contributed by atoms with Crippen LogP contribution < -0.4 is 16.4 Å². The van der Waals surface area contributed by atoms with Crippen LogP contribution in [0.4, 0.5) is 24.8 Å². The van der Waals surface area contributed by atoms with Crippen molar-refractivity contribution in [2.24, 2.45) is 7.05 Å². The van der Waals surface area contributed by atoms with E-state index in [9.17, 15) is 22.8 Å². The number of nitrogens with two attached hydrogens (primary N) is 1. The zero-order chi connectivity index (χ0) is 34.0. The predicted molar refractivity (Wildman–Crippen MR) is 178 cm³/mol. The normalized spacial score (nSPS) is 15.4. The molecule has 4 aromatic rings. The van der Waals surface area contributed by atoms with Gasteiger partial charge in [0.2, 0.25) is 11.9 Å². The maximum absolute atomic E-state index is 14.0. The van der Waals surface area contributed by atoms with Crippen molar-refractivity contribution in [2.75, 3.05) is 50.3 Å². The van der Waals surface area contributed by atoms with Gasteiger partial charge in [-0.2, -0.15) is 13.2 Å². The summed E-state index contributed by atoms with van der Waals surface area (Å²) in [6, 6.07) is 7.54. The molecule has 0 spiro atoms. The number of nitrogens with zero attached hydrogens (tertiary/aromatic N) is 5. The largest absolute Gasteiger partial charge is 0.416 e. The van der Waals surface area contributed by atoms with E-state index in [4.69, 9.17) is 5.73 Å². The lowest BCUT2D eigenvalue weighted by Crippen LogP contribution is -2.45. The predicted octanol–water partition coefficient (Wildman–Crippen LogP) is 4.15. The molecule has 0 atom stereocenters. The SMILES string of the molecule is CCN1CCN(Cc2ccc(NC(=O)Cc3cc(C#Cc4cnc(N)nc4-c4cc5c(n4C)CCNC5=O)cs3)cc2C(F)(F)F)CC1. The minimum absolute atomic E-state index is 0.0235. The highest BCUT2D eigenvalue weighted by molar-refractivity contribution is 7.10. The number of nitrogens with one attached hydrogen (secondary N) is 2. The Morgan fingerprint density at radius 2 is 1.90 bits per heavy atom. The summed E-state index contributed by atoms with van der Waals surface area (Å²) in [6.45, 7) is 6.83. The molecule has 2 aliphatic heterocycles. The lowest BCUT2D eigenvalue weighted by Gasteiger charge is -2.34. The number of alkyl halides is 3. The number of anilines is 2. The van der Waals surface area contributed by atoms with Gasteiger partial charge in [0, 0.05) is 86.1 Å². The van der Waals surface area contributed by atoms with Crippen LogP contribution in [-0.4, -0.2) is 75.4 Å². The maximum Gasteiger partial charge on any atom is 0.416 e. The van der Waals surface area contributed by atoms with Crippen LogP contribution in [0.2, 0.25) is 0 Å². The molecule has 2 aliphatic rings. The number of carbonyl (C=O) groups is 2. The van der Waals surface area contributed by atoms with Crippen molar-refractivity contribution in [3.05, 3.63) is 80.3 Å². The van der Waals surface area contributed by atoms with Crippen LogP contribution in [0, 0.1) is 11.8 Å². The molecule has 10 nitrogen and oxygen atoms in total. The Morgan fingerprint density at radius 3 is 2.62 bits per heavy atom. The van der Waals surface area contributed by atoms with Crippen LogP contribution >= 0.6 is 11.3 Å². The van der Waals surface area contributed by atoms with Crippen molar-refractivity contribution in [3.8, 4) is 23.2 Å². The number of carbonyl (C=O) groups excluding carboxylic acids is 2. The number of thiophene rings is 1. The number of nitrogen functional groups attached to an aromatic ring is 1. The summed E-state index contributed by atoms with van der Waals surface area (Å²) >= 11 is 1.33. The average molecular weight is 677 g/mol. The number of fused-ring (bicyclic) bond motifs is 1. The second kappa shape index (κ2) is 13.8. The molecule has 0 aliphatic carbocycles. The van der Waals surface area contributed by atoms with Crippen LogP contribution in [-0.2, 0) is 37.4 Å². The van der Waals surface area contributed by atoms with Gasteiger partial charge < -0.3 is 25.8 Å². The first-order chi connectivity index (χ1) is 23.0. The van der Waals surface area contributed by atoms with E-state index in [2.05, 4.69) is 44.3 Å². The molecular formula is C34H35F3N8O2S. The fourth-order valence-corrected chi connectivity index (χ4v) is 6.86. The highest BCUT2D eigenvalue weighted by atomic mass is 32.1. The highest BCUT2D eigenvalue weighted by Crippen LogP contribution is 2.35. The third kappa shape index (κ3) is 7.38. The number of halogens is 3. The van der Waals surface area contributed by atoms with Gasteiger partial charge in [-0.3, -0.25) is 14.5 Å². The Kier molecular flexibility index (Phi) is 9.54. The molecule has 4 N–H and O–H groups in total. The van der Waals surface area contributed by atoms with E-state index in [0.717, 1.165) is 31.4 Å². The molecule has 3 aromatic heterocycles. The van der Waals surface area contributed by atoms with Crippen LogP contribution in [0.3, 0.4) is 0 Å². The standard InChI is InChI=1S/C34H35F3N8O2S/c1-3-44-10-12-45(13-11-44)19-23-6-7-24(15-27(23)34(35,36)37)41-30(46)16-25-14-21(20-48-25)4-5-22-18-40-33(38)42-31(22)29-17-26-28(43(29)2)8-9-39-32(26)47/h6-7,14-15,17-18,20H,3,8-13,16,19H2,1-2H3,(H,39,47)(H,41,46)(H2,38,40,42). The molecule has 0 bridgehead atoms. The van der Waals surface area contributed by atoms with Crippen molar-refractivity contribution in [1.82, 2.24) is 29.7 Å². The highest BCUT2D eigenvalue weighted by Gasteiger charge is 2.34. The zero-order valence-electron chi connectivity index (χ0n) is 26.6. The minimum Gasteiger partial charge on any atom is -0.368 e. The lowest BCUT2D eigenvalue weighted by atomic mass is 10.0. The summed E-state index contributed by atoms with van der Waals surface area (Å²) in [6.07, 6.45) is -2.35. The summed E-state index contributed by atoms with van der Waals surface area (Å²) in [4.78, 5) is 38.8. The molecule has 1 saturated heterocycles. The van der Waals surface area contributed by atoms with Crippen LogP contribution in [0.15, 0.2) is 41.9 Å². The van der Waals surface area contributed by atoms with E-state index in [-0.39, 0.29) is 36.1 Å². The number of hydrogen-bond donors (Lipinski definition) is 3. The number of piperazine rings is 1. The fourth-order valence-electron chi connectivity index (χ4n) is 6.04. The topological polar surface area (TPSA) is 121 Å². The molecule has 1 aromatic carbocycles. The first-order valence-corrected chi connectivity index (χ1v) is 16.5. The molecule has 0 radical (unpaired) electrons. The Morgan fingerprint density at radius 1 is 1.12 bits per heavy atom. The Bertz CT molecular complexity index is 1910. The molecule has 1 fully saturated rings. The van der Waals surface area contributed by atoms with Gasteiger partial charge >= 0.3 is 6.18 Å². The number of rotatable bonds is 7. The van der Waals surface area contributed by atoms with Crippen LogP contribution in [0.5, 0.6) is 0 Å². The van der Waals surface area contributed by atoms with Gasteiger partial charge in [-0.15, -0.1) is 11.3 Å². The van der Waals surface area contributed by atoms with Crippen LogP contribution in [0.25, 0.3) is 11.4 Å². The van der Waals surface area contributed by atoms with Gasteiger partial charge in [0.25, 0.3) is 5.91 Å². The van der Waals surface area contributed by atoms with Gasteiger partial charge in [0.1, 0.15) is 5.69 Å². The summed E-state index contributed by atoms with van der Waals surface area (Å²) < 4.78 is 44.0. The van der Waals surface area contributed by atoms with Crippen molar-refractivity contribution < 1.29 is 22.8 Å². The molecule has 2 amide bonds. The number of aromatic nitrogens is 3.